The second-order valence-electron chi connectivity index (χ2n) is 5.84. The summed E-state index contributed by atoms with van der Waals surface area (Å²) >= 11 is 0. The molecule has 1 heterocycles. The summed E-state index contributed by atoms with van der Waals surface area (Å²) in [5, 5.41) is 0. The lowest BCUT2D eigenvalue weighted by atomic mass is 10.0. The third-order valence-corrected chi connectivity index (χ3v) is 4.32. The number of hydrogen-bond acceptors (Lipinski definition) is 5. The first kappa shape index (κ1) is 17.6. The van der Waals surface area contributed by atoms with Gasteiger partial charge in [0.25, 0.3) is 0 Å². The Bertz CT molecular complexity index is 499. The summed E-state index contributed by atoms with van der Waals surface area (Å²) in [6.07, 6.45) is 5.23. The third kappa shape index (κ3) is 4.61. The number of rotatable bonds is 8. The highest BCUT2D eigenvalue weighted by atomic mass is 16.5. The fourth-order valence-corrected chi connectivity index (χ4v) is 3.05. The summed E-state index contributed by atoms with van der Waals surface area (Å²) in [6.45, 7) is 3.29. The topological polar surface area (TPSA) is 48.0 Å². The fraction of sp³-hybridized carbons (Fsp3) is 0.611. The highest BCUT2D eigenvalue weighted by Crippen LogP contribution is 2.35. The summed E-state index contributed by atoms with van der Waals surface area (Å²) in [4.78, 5) is 15.1. The molecule has 5 heteroatoms. The number of carbonyl (C=O) groups is 1. The van der Waals surface area contributed by atoms with Crippen LogP contribution in [-0.4, -0.2) is 51.6 Å². The zero-order chi connectivity index (χ0) is 16.7. The highest BCUT2D eigenvalue weighted by Gasteiger charge is 2.20. The number of methoxy groups -OCH3 is 3. The molecule has 2 rings (SSSR count). The lowest BCUT2D eigenvalue weighted by Crippen LogP contribution is -2.30. The molecular weight excluding hydrogens is 294 g/mol. The van der Waals surface area contributed by atoms with E-state index in [0.717, 1.165) is 26.1 Å². The van der Waals surface area contributed by atoms with Crippen LogP contribution in [0.15, 0.2) is 12.1 Å². The number of benzene rings is 1. The smallest absolute Gasteiger partial charge is 0.170 e. The number of ether oxygens (including phenoxy) is 3. The van der Waals surface area contributed by atoms with Crippen LogP contribution in [-0.2, 0) is 0 Å². The first-order chi connectivity index (χ1) is 11.2. The molecule has 0 aliphatic carbocycles. The van der Waals surface area contributed by atoms with E-state index in [4.69, 9.17) is 14.2 Å². The molecule has 0 unspecified atom stereocenters. The Hall–Kier alpha value is -1.75. The lowest BCUT2D eigenvalue weighted by Gasteiger charge is -2.26. The Morgan fingerprint density at radius 2 is 1.61 bits per heavy atom. The van der Waals surface area contributed by atoms with E-state index in [-0.39, 0.29) is 5.78 Å². The van der Waals surface area contributed by atoms with Crippen LogP contribution in [0.4, 0.5) is 0 Å². The number of piperidine rings is 1. The molecule has 1 fully saturated rings. The van der Waals surface area contributed by atoms with Crippen molar-refractivity contribution in [2.24, 2.45) is 0 Å². The van der Waals surface area contributed by atoms with Gasteiger partial charge in [-0.2, -0.15) is 0 Å². The van der Waals surface area contributed by atoms with E-state index in [9.17, 15) is 4.79 Å². The maximum Gasteiger partial charge on any atom is 0.170 e. The average molecular weight is 321 g/mol. The van der Waals surface area contributed by atoms with Gasteiger partial charge in [0.2, 0.25) is 0 Å². The number of hydrogen-bond donors (Lipinski definition) is 0. The minimum absolute atomic E-state index is 0.0540. The normalized spacial score (nSPS) is 15.3. The SMILES string of the molecule is COc1cc(OC)c(C(=O)CCCN2CCCCC2)c(OC)c1. The van der Waals surface area contributed by atoms with E-state index in [2.05, 4.69) is 4.90 Å². The Morgan fingerprint density at radius 3 is 2.13 bits per heavy atom. The van der Waals surface area contributed by atoms with E-state index in [1.165, 1.54) is 19.3 Å². The molecule has 0 saturated carbocycles. The maximum atomic E-state index is 12.6. The van der Waals surface area contributed by atoms with Gasteiger partial charge in [-0.1, -0.05) is 6.42 Å². The maximum absolute atomic E-state index is 12.6. The second-order valence-corrected chi connectivity index (χ2v) is 5.84. The van der Waals surface area contributed by atoms with Crippen LogP contribution in [0.25, 0.3) is 0 Å². The van der Waals surface area contributed by atoms with E-state index in [0.29, 0.717) is 29.2 Å². The van der Waals surface area contributed by atoms with Gasteiger partial charge in [0.1, 0.15) is 22.8 Å². The Morgan fingerprint density at radius 1 is 1.00 bits per heavy atom. The molecule has 23 heavy (non-hydrogen) atoms. The molecule has 1 aliphatic rings. The predicted octanol–water partition coefficient (Wildman–Crippen LogP) is 3.16. The summed E-state index contributed by atoms with van der Waals surface area (Å²) in [7, 11) is 4.69. The van der Waals surface area contributed by atoms with Crippen LogP contribution in [0.3, 0.4) is 0 Å². The quantitative estimate of drug-likeness (QED) is 0.688. The van der Waals surface area contributed by atoms with Crippen molar-refractivity contribution in [2.75, 3.05) is 41.0 Å². The molecule has 1 aromatic carbocycles. The fourth-order valence-electron chi connectivity index (χ4n) is 3.05. The highest BCUT2D eigenvalue weighted by molar-refractivity contribution is 6.01. The van der Waals surface area contributed by atoms with E-state index in [1.54, 1.807) is 33.5 Å². The molecule has 0 N–H and O–H groups in total. The lowest BCUT2D eigenvalue weighted by molar-refractivity contribution is 0.0967. The Labute approximate surface area is 138 Å². The summed E-state index contributed by atoms with van der Waals surface area (Å²) < 4.78 is 15.9. The van der Waals surface area contributed by atoms with Crippen LogP contribution >= 0.6 is 0 Å². The number of carbonyl (C=O) groups excluding carboxylic acids is 1. The van der Waals surface area contributed by atoms with Gasteiger partial charge in [-0.3, -0.25) is 4.79 Å². The van der Waals surface area contributed by atoms with Crippen molar-refractivity contribution in [2.45, 2.75) is 32.1 Å². The molecule has 1 saturated heterocycles. The van der Waals surface area contributed by atoms with Gasteiger partial charge in [-0.15, -0.1) is 0 Å². The molecule has 0 atom stereocenters. The molecule has 0 aromatic heterocycles. The van der Waals surface area contributed by atoms with Crippen LogP contribution in [0.1, 0.15) is 42.5 Å². The molecule has 0 spiro atoms. The Balaban J connectivity index is 2.02. The molecule has 128 valence electrons. The molecule has 0 bridgehead atoms. The molecule has 0 radical (unpaired) electrons. The molecule has 0 amide bonds. The summed E-state index contributed by atoms with van der Waals surface area (Å²) in [5.74, 6) is 1.68. The van der Waals surface area contributed by atoms with Gasteiger partial charge in [-0.25, -0.2) is 0 Å². The van der Waals surface area contributed by atoms with Crippen molar-refractivity contribution in [1.29, 1.82) is 0 Å². The average Bonchev–Trinajstić information content (AvgIpc) is 2.61. The van der Waals surface area contributed by atoms with Crippen molar-refractivity contribution >= 4 is 5.78 Å². The molecule has 1 aromatic rings. The molecular formula is C18H27NO4. The van der Waals surface area contributed by atoms with Gasteiger partial charge in [-0.05, 0) is 38.9 Å². The predicted molar refractivity (Wildman–Crippen MR) is 90.0 cm³/mol. The van der Waals surface area contributed by atoms with Crippen molar-refractivity contribution in [3.63, 3.8) is 0 Å². The van der Waals surface area contributed by atoms with Crippen molar-refractivity contribution in [3.05, 3.63) is 17.7 Å². The van der Waals surface area contributed by atoms with Crippen molar-refractivity contribution in [1.82, 2.24) is 4.90 Å². The zero-order valence-corrected chi connectivity index (χ0v) is 14.4. The number of likely N-dealkylation sites (tertiary alicyclic amines) is 1. The molecule has 1 aliphatic heterocycles. The summed E-state index contributed by atoms with van der Waals surface area (Å²) in [5.41, 5.74) is 0.509. The van der Waals surface area contributed by atoms with Gasteiger partial charge >= 0.3 is 0 Å². The number of ketones is 1. The Kier molecular flexibility index (Phi) is 6.71. The van der Waals surface area contributed by atoms with Crippen LogP contribution in [0.2, 0.25) is 0 Å². The van der Waals surface area contributed by atoms with Gasteiger partial charge in [0.15, 0.2) is 5.78 Å². The number of nitrogens with zero attached hydrogens (tertiary/aromatic N) is 1. The summed E-state index contributed by atoms with van der Waals surface area (Å²) in [6, 6.07) is 3.45. The second kappa shape index (κ2) is 8.77. The van der Waals surface area contributed by atoms with Crippen LogP contribution in [0.5, 0.6) is 17.2 Å². The van der Waals surface area contributed by atoms with Crippen LogP contribution < -0.4 is 14.2 Å². The van der Waals surface area contributed by atoms with Gasteiger partial charge in [0.05, 0.1) is 21.3 Å². The third-order valence-electron chi connectivity index (χ3n) is 4.32. The van der Waals surface area contributed by atoms with Gasteiger partial charge < -0.3 is 19.1 Å². The van der Waals surface area contributed by atoms with Crippen LogP contribution in [0, 0.1) is 0 Å². The van der Waals surface area contributed by atoms with Crippen molar-refractivity contribution in [3.8, 4) is 17.2 Å². The minimum atomic E-state index is 0.0540. The van der Waals surface area contributed by atoms with E-state index < -0.39 is 0 Å². The minimum Gasteiger partial charge on any atom is -0.496 e. The number of Topliss-reactive ketones (excluding diaryl/α,β-unsaturated/α-hetero) is 1. The van der Waals surface area contributed by atoms with E-state index in [1.807, 2.05) is 0 Å². The van der Waals surface area contributed by atoms with Crippen molar-refractivity contribution < 1.29 is 19.0 Å². The standard InChI is InChI=1S/C18H27NO4/c1-21-14-12-16(22-2)18(17(13-14)23-3)15(20)8-7-11-19-9-5-4-6-10-19/h12-13H,4-11H2,1-3H3. The zero-order valence-electron chi connectivity index (χ0n) is 14.4. The first-order valence-electron chi connectivity index (χ1n) is 8.25. The first-order valence-corrected chi connectivity index (χ1v) is 8.25. The monoisotopic (exact) mass is 321 g/mol. The van der Waals surface area contributed by atoms with Gasteiger partial charge in [0, 0.05) is 18.6 Å². The largest absolute Gasteiger partial charge is 0.496 e. The molecule has 5 nitrogen and oxygen atoms in total. The van der Waals surface area contributed by atoms with E-state index >= 15 is 0 Å².